The maximum atomic E-state index is 12.8. The zero-order valence-electron chi connectivity index (χ0n) is 15.3. The first kappa shape index (κ1) is 20.8. The summed E-state index contributed by atoms with van der Waals surface area (Å²) in [7, 11) is 2.77. The van der Waals surface area contributed by atoms with Gasteiger partial charge in [0.25, 0.3) is 5.91 Å². The minimum Gasteiger partial charge on any atom is -0.496 e. The van der Waals surface area contributed by atoms with Crippen LogP contribution < -0.4 is 20.1 Å². The fourth-order valence-electron chi connectivity index (χ4n) is 2.88. The Morgan fingerprint density at radius 1 is 1.19 bits per heavy atom. The summed E-state index contributed by atoms with van der Waals surface area (Å²) in [5.74, 6) is -2.62. The summed E-state index contributed by atoms with van der Waals surface area (Å²) in [6, 6.07) is 2.43. The van der Waals surface area contributed by atoms with Crippen LogP contribution in [0, 0.1) is 0 Å². The fraction of sp³-hybridized carbons (Fsp3) is 0.471. The van der Waals surface area contributed by atoms with E-state index in [1.165, 1.54) is 14.2 Å². The van der Waals surface area contributed by atoms with Gasteiger partial charge in [-0.2, -0.15) is 0 Å². The average Bonchev–Trinajstić information content (AvgIpc) is 2.93. The minimum absolute atomic E-state index is 0.0609. The van der Waals surface area contributed by atoms with Crippen LogP contribution in [0.15, 0.2) is 18.2 Å². The summed E-state index contributed by atoms with van der Waals surface area (Å²) in [5.41, 5.74) is 0.0609. The Bertz CT molecular complexity index is 731. The van der Waals surface area contributed by atoms with Crippen LogP contribution >= 0.6 is 11.8 Å². The van der Waals surface area contributed by atoms with Gasteiger partial charge in [-0.3, -0.25) is 14.9 Å². The highest BCUT2D eigenvalue weighted by atomic mass is 32.2. The second-order valence-corrected chi connectivity index (χ2v) is 8.20. The number of ether oxygens (including phenoxy) is 2. The molecule has 1 aromatic carbocycles. The van der Waals surface area contributed by atoms with Crippen LogP contribution in [0.5, 0.6) is 11.5 Å². The van der Waals surface area contributed by atoms with E-state index < -0.39 is 40.1 Å². The van der Waals surface area contributed by atoms with E-state index in [9.17, 15) is 24.6 Å². The average molecular weight is 398 g/mol. The van der Waals surface area contributed by atoms with Gasteiger partial charge >= 0.3 is 11.9 Å². The highest BCUT2D eigenvalue weighted by Crippen LogP contribution is 2.39. The molecule has 1 fully saturated rings. The SMILES string of the molecule is COc1cccc(OC)c1C(=O)N[C@H](C(=O)O)[C@@H]1N[C@@H](C(=O)O)C(C)(C)S1. The number of carbonyl (C=O) groups excluding carboxylic acids is 1. The maximum absolute atomic E-state index is 12.8. The molecular formula is C17H22N2O7S. The summed E-state index contributed by atoms with van der Waals surface area (Å²) < 4.78 is 9.59. The number of amides is 1. The molecule has 0 aromatic heterocycles. The number of carboxylic acid groups (broad SMARTS) is 2. The first-order valence-electron chi connectivity index (χ1n) is 8.03. The second kappa shape index (κ2) is 8.05. The Kier molecular flexibility index (Phi) is 6.22. The van der Waals surface area contributed by atoms with Crippen LogP contribution in [-0.4, -0.2) is 64.5 Å². The number of nitrogens with one attached hydrogen (secondary N) is 2. The standard InChI is InChI=1S/C17H22N2O7S/c1-17(2)12(16(23)24)19-14(27-17)11(15(21)22)18-13(20)10-8(25-3)6-5-7-9(10)26-4/h5-7,11-12,14,19H,1-4H3,(H,18,20)(H,21,22)(H,23,24)/t11-,12-,14+/m0/s1. The monoisotopic (exact) mass is 398 g/mol. The van der Waals surface area contributed by atoms with Crippen LogP contribution in [0.1, 0.15) is 24.2 Å². The molecule has 1 aliphatic rings. The number of hydrogen-bond donors (Lipinski definition) is 4. The van der Waals surface area contributed by atoms with E-state index in [1.54, 1.807) is 32.0 Å². The molecule has 27 heavy (non-hydrogen) atoms. The zero-order chi connectivity index (χ0) is 20.4. The van der Waals surface area contributed by atoms with Crippen molar-refractivity contribution in [3.05, 3.63) is 23.8 Å². The highest BCUT2D eigenvalue weighted by Gasteiger charge is 2.49. The molecule has 2 rings (SSSR count). The second-order valence-electron chi connectivity index (χ2n) is 6.41. The van der Waals surface area contributed by atoms with Crippen molar-refractivity contribution < 1.29 is 34.1 Å². The summed E-state index contributed by atoms with van der Waals surface area (Å²) in [6.07, 6.45) is 0. The molecule has 0 spiro atoms. The van der Waals surface area contributed by atoms with Gasteiger partial charge < -0.3 is 25.0 Å². The number of benzene rings is 1. The molecule has 1 aliphatic heterocycles. The number of carboxylic acids is 2. The third kappa shape index (κ3) is 4.28. The Morgan fingerprint density at radius 2 is 1.74 bits per heavy atom. The van der Waals surface area contributed by atoms with Crippen molar-refractivity contribution >= 4 is 29.6 Å². The molecule has 148 valence electrons. The molecule has 9 nitrogen and oxygen atoms in total. The van der Waals surface area contributed by atoms with Crippen molar-refractivity contribution in [1.82, 2.24) is 10.6 Å². The summed E-state index contributed by atoms with van der Waals surface area (Å²) in [5, 5.41) is 23.3. The van der Waals surface area contributed by atoms with E-state index in [0.29, 0.717) is 0 Å². The largest absolute Gasteiger partial charge is 0.496 e. The third-order valence-corrected chi connectivity index (χ3v) is 5.72. The molecule has 1 aromatic rings. The Labute approximate surface area is 160 Å². The predicted octanol–water partition coefficient (Wildman–Crippen LogP) is 0.781. The van der Waals surface area contributed by atoms with Crippen molar-refractivity contribution in [3.8, 4) is 11.5 Å². The lowest BCUT2D eigenvalue weighted by Crippen LogP contribution is -2.53. The fourth-order valence-corrected chi connectivity index (χ4v) is 4.37. The van der Waals surface area contributed by atoms with Gasteiger partial charge in [0, 0.05) is 4.75 Å². The predicted molar refractivity (Wildman–Crippen MR) is 98.5 cm³/mol. The normalized spacial score (nSPS) is 21.9. The minimum atomic E-state index is -1.36. The van der Waals surface area contributed by atoms with E-state index in [2.05, 4.69) is 10.6 Å². The van der Waals surface area contributed by atoms with E-state index >= 15 is 0 Å². The van der Waals surface area contributed by atoms with Crippen LogP contribution in [0.4, 0.5) is 0 Å². The van der Waals surface area contributed by atoms with Gasteiger partial charge in [0.1, 0.15) is 23.1 Å². The van der Waals surface area contributed by atoms with Crippen LogP contribution in [-0.2, 0) is 9.59 Å². The van der Waals surface area contributed by atoms with E-state index in [4.69, 9.17) is 9.47 Å². The molecule has 0 unspecified atom stereocenters. The molecule has 1 amide bonds. The van der Waals surface area contributed by atoms with Crippen molar-refractivity contribution in [1.29, 1.82) is 0 Å². The lowest BCUT2D eigenvalue weighted by Gasteiger charge is -2.23. The quantitative estimate of drug-likeness (QED) is 0.525. The van der Waals surface area contributed by atoms with Gasteiger partial charge in [-0.05, 0) is 26.0 Å². The maximum Gasteiger partial charge on any atom is 0.328 e. The summed E-state index contributed by atoms with van der Waals surface area (Å²) >= 11 is 1.15. The van der Waals surface area contributed by atoms with Crippen molar-refractivity contribution in [2.75, 3.05) is 14.2 Å². The lowest BCUT2D eigenvalue weighted by atomic mass is 10.0. The molecule has 0 saturated carbocycles. The topological polar surface area (TPSA) is 134 Å². The first-order valence-corrected chi connectivity index (χ1v) is 8.91. The number of aliphatic carboxylic acids is 2. The Balaban J connectivity index is 2.29. The highest BCUT2D eigenvalue weighted by molar-refractivity contribution is 8.01. The van der Waals surface area contributed by atoms with E-state index in [0.717, 1.165) is 11.8 Å². The molecular weight excluding hydrogens is 376 g/mol. The number of rotatable bonds is 7. The lowest BCUT2D eigenvalue weighted by molar-refractivity contribution is -0.142. The molecule has 1 saturated heterocycles. The zero-order valence-corrected chi connectivity index (χ0v) is 16.1. The number of carbonyl (C=O) groups is 3. The van der Waals surface area contributed by atoms with E-state index in [-0.39, 0.29) is 17.1 Å². The Hall–Kier alpha value is -2.46. The summed E-state index contributed by atoms with van der Waals surface area (Å²) in [6.45, 7) is 3.40. The number of thioether (sulfide) groups is 1. The number of hydrogen-bond acceptors (Lipinski definition) is 7. The van der Waals surface area contributed by atoms with Crippen molar-refractivity contribution in [2.24, 2.45) is 0 Å². The van der Waals surface area contributed by atoms with Crippen LogP contribution in [0.3, 0.4) is 0 Å². The Morgan fingerprint density at radius 3 is 2.15 bits per heavy atom. The third-order valence-electron chi connectivity index (χ3n) is 4.21. The molecule has 0 radical (unpaired) electrons. The van der Waals surface area contributed by atoms with Gasteiger partial charge in [0.15, 0.2) is 6.04 Å². The van der Waals surface area contributed by atoms with Crippen LogP contribution in [0.25, 0.3) is 0 Å². The van der Waals surface area contributed by atoms with Gasteiger partial charge in [0.2, 0.25) is 0 Å². The van der Waals surface area contributed by atoms with Crippen molar-refractivity contribution in [2.45, 2.75) is 36.1 Å². The summed E-state index contributed by atoms with van der Waals surface area (Å²) in [4.78, 5) is 36.0. The molecule has 0 bridgehead atoms. The number of methoxy groups -OCH3 is 2. The molecule has 4 N–H and O–H groups in total. The van der Waals surface area contributed by atoms with Gasteiger partial charge in [-0.15, -0.1) is 11.8 Å². The van der Waals surface area contributed by atoms with E-state index in [1.807, 2.05) is 0 Å². The first-order chi connectivity index (χ1) is 12.6. The van der Waals surface area contributed by atoms with Gasteiger partial charge in [-0.25, -0.2) is 4.79 Å². The van der Waals surface area contributed by atoms with Crippen molar-refractivity contribution in [3.63, 3.8) is 0 Å². The van der Waals surface area contributed by atoms with Gasteiger partial charge in [0.05, 0.1) is 19.6 Å². The smallest absolute Gasteiger partial charge is 0.328 e. The molecule has 10 heteroatoms. The van der Waals surface area contributed by atoms with Gasteiger partial charge in [-0.1, -0.05) is 6.07 Å². The molecule has 0 aliphatic carbocycles. The molecule has 3 atom stereocenters. The van der Waals surface area contributed by atoms with Crippen LogP contribution in [0.2, 0.25) is 0 Å². The molecule has 1 heterocycles.